The monoisotopic (exact) mass is 533 g/mol. The smallest absolute Gasteiger partial charge is 0.326 e. The lowest BCUT2D eigenvalue weighted by molar-refractivity contribution is -0.166. The van der Waals surface area contributed by atoms with E-state index in [2.05, 4.69) is 0 Å². The van der Waals surface area contributed by atoms with E-state index in [1.54, 1.807) is 6.07 Å². The number of carboxylic acid groups (broad SMARTS) is 1. The highest BCUT2D eigenvalue weighted by Gasteiger charge is 2.42. The third-order valence-electron chi connectivity index (χ3n) is 7.61. The van der Waals surface area contributed by atoms with Crippen LogP contribution >= 0.6 is 11.6 Å². The second kappa shape index (κ2) is 11.2. The topological polar surface area (TPSA) is 76.1 Å². The van der Waals surface area contributed by atoms with Gasteiger partial charge in [0.1, 0.15) is 18.4 Å². The van der Waals surface area contributed by atoms with Gasteiger partial charge in [-0.3, -0.25) is 4.79 Å². The standard InChI is InChI=1S/C31H32ClNO5/c1-31(16-8-9-17-31)38-27(22-12-6-3-7-13-22)29(34)33-19-23-14-15-25(32)28(24(23)18-26(33)30(35)36)37-20-21-10-4-2-5-11-21/h2-7,10-15,26-27H,8-9,16-20H2,1H3,(H,35,36)/t26-,27+/m1/s1. The highest BCUT2D eigenvalue weighted by atomic mass is 35.5. The molecule has 1 aliphatic carbocycles. The predicted molar refractivity (Wildman–Crippen MR) is 145 cm³/mol. The zero-order chi connectivity index (χ0) is 26.7. The van der Waals surface area contributed by atoms with Crippen LogP contribution in [0, 0.1) is 0 Å². The molecule has 6 nitrogen and oxygen atoms in total. The van der Waals surface area contributed by atoms with Crippen molar-refractivity contribution in [1.29, 1.82) is 0 Å². The average Bonchev–Trinajstić information content (AvgIpc) is 3.37. The molecule has 2 atom stereocenters. The van der Waals surface area contributed by atoms with Gasteiger partial charge in [-0.05, 0) is 42.5 Å². The molecule has 1 amide bonds. The lowest BCUT2D eigenvalue weighted by atomic mass is 9.91. The minimum absolute atomic E-state index is 0.0971. The molecular weight excluding hydrogens is 502 g/mol. The summed E-state index contributed by atoms with van der Waals surface area (Å²) in [7, 11) is 0. The number of ether oxygens (including phenoxy) is 2. The Balaban J connectivity index is 1.46. The van der Waals surface area contributed by atoms with Crippen molar-refractivity contribution in [3.8, 4) is 5.75 Å². The highest BCUT2D eigenvalue weighted by Crippen LogP contribution is 2.41. The molecule has 38 heavy (non-hydrogen) atoms. The zero-order valence-electron chi connectivity index (χ0n) is 21.4. The maximum absolute atomic E-state index is 14.1. The number of carbonyl (C=O) groups is 2. The first-order valence-corrected chi connectivity index (χ1v) is 13.5. The summed E-state index contributed by atoms with van der Waals surface area (Å²) in [5, 5.41) is 10.6. The van der Waals surface area contributed by atoms with E-state index in [0.717, 1.165) is 47.9 Å². The van der Waals surface area contributed by atoms with Crippen LogP contribution in [0.1, 0.15) is 61.0 Å². The van der Waals surface area contributed by atoms with Crippen molar-refractivity contribution in [3.05, 3.63) is 100 Å². The van der Waals surface area contributed by atoms with E-state index in [-0.39, 0.29) is 18.9 Å². The van der Waals surface area contributed by atoms with Crippen LogP contribution < -0.4 is 4.74 Å². The van der Waals surface area contributed by atoms with Gasteiger partial charge in [-0.1, -0.05) is 91.2 Å². The molecule has 1 saturated carbocycles. The molecule has 7 heteroatoms. The van der Waals surface area contributed by atoms with Crippen molar-refractivity contribution >= 4 is 23.5 Å². The number of nitrogens with zero attached hydrogens (tertiary/aromatic N) is 1. The first-order valence-electron chi connectivity index (χ1n) is 13.1. The summed E-state index contributed by atoms with van der Waals surface area (Å²) >= 11 is 6.52. The normalized spacial score (nSPS) is 19.0. The number of hydrogen-bond acceptors (Lipinski definition) is 4. The number of aliphatic carboxylic acids is 1. The van der Waals surface area contributed by atoms with Gasteiger partial charge in [0, 0.05) is 18.5 Å². The third kappa shape index (κ3) is 5.57. The number of rotatable bonds is 8. The fraction of sp³-hybridized carbons (Fsp3) is 0.355. The second-order valence-electron chi connectivity index (χ2n) is 10.4. The molecular formula is C31H32ClNO5. The fourth-order valence-corrected chi connectivity index (χ4v) is 5.74. The van der Waals surface area contributed by atoms with Crippen molar-refractivity contribution in [3.63, 3.8) is 0 Å². The van der Waals surface area contributed by atoms with Crippen molar-refractivity contribution in [2.45, 2.75) is 69.9 Å². The molecule has 2 aliphatic rings. The summed E-state index contributed by atoms with van der Waals surface area (Å²) in [5.74, 6) is -0.943. The third-order valence-corrected chi connectivity index (χ3v) is 7.91. The first kappa shape index (κ1) is 26.3. The van der Waals surface area contributed by atoms with Gasteiger partial charge in [0.05, 0.1) is 10.6 Å². The van der Waals surface area contributed by atoms with E-state index in [9.17, 15) is 14.7 Å². The zero-order valence-corrected chi connectivity index (χ0v) is 22.2. The van der Waals surface area contributed by atoms with E-state index in [4.69, 9.17) is 21.1 Å². The van der Waals surface area contributed by atoms with E-state index in [1.807, 2.05) is 73.7 Å². The summed E-state index contributed by atoms with van der Waals surface area (Å²) in [5.41, 5.74) is 2.83. The number of amides is 1. The lowest BCUT2D eigenvalue weighted by Crippen LogP contribution is -2.51. The van der Waals surface area contributed by atoms with Crippen molar-refractivity contribution in [2.24, 2.45) is 0 Å². The van der Waals surface area contributed by atoms with E-state index < -0.39 is 23.7 Å². The SMILES string of the molecule is CC1(O[C@H](C(=O)N2Cc3ccc(Cl)c(OCc4ccccc4)c3C[C@@H]2C(=O)O)c2ccccc2)CCCC1. The maximum atomic E-state index is 14.1. The summed E-state index contributed by atoms with van der Waals surface area (Å²) in [6.45, 7) is 2.48. The Bertz CT molecular complexity index is 1290. The molecule has 1 heterocycles. The maximum Gasteiger partial charge on any atom is 0.326 e. The van der Waals surface area contributed by atoms with Gasteiger partial charge in [0.25, 0.3) is 5.91 Å². The van der Waals surface area contributed by atoms with Crippen molar-refractivity contribution in [1.82, 2.24) is 4.90 Å². The molecule has 3 aromatic carbocycles. The number of halogens is 1. The molecule has 3 aromatic rings. The van der Waals surface area contributed by atoms with Crippen molar-refractivity contribution < 1.29 is 24.2 Å². The lowest BCUT2D eigenvalue weighted by Gasteiger charge is -2.39. The molecule has 0 radical (unpaired) electrons. The fourth-order valence-electron chi connectivity index (χ4n) is 5.51. The molecule has 0 spiro atoms. The molecule has 5 rings (SSSR count). The van der Waals surface area contributed by atoms with Gasteiger partial charge < -0.3 is 19.5 Å². The minimum Gasteiger partial charge on any atom is -0.487 e. The van der Waals surface area contributed by atoms with Gasteiger partial charge in [-0.15, -0.1) is 0 Å². The van der Waals surface area contributed by atoms with E-state index >= 15 is 0 Å². The Morgan fingerprint density at radius 2 is 1.68 bits per heavy atom. The summed E-state index contributed by atoms with van der Waals surface area (Å²) in [4.78, 5) is 28.0. The molecule has 1 fully saturated rings. The Morgan fingerprint density at radius 3 is 2.34 bits per heavy atom. The Kier molecular flexibility index (Phi) is 7.73. The van der Waals surface area contributed by atoms with Gasteiger partial charge in [0.15, 0.2) is 6.10 Å². The highest BCUT2D eigenvalue weighted by molar-refractivity contribution is 6.32. The molecule has 0 aromatic heterocycles. The number of carbonyl (C=O) groups excluding carboxylic acids is 1. The number of benzene rings is 3. The van der Waals surface area contributed by atoms with Gasteiger partial charge in [-0.25, -0.2) is 4.79 Å². The first-order chi connectivity index (χ1) is 18.3. The largest absolute Gasteiger partial charge is 0.487 e. The Hall–Kier alpha value is -3.35. The summed E-state index contributed by atoms with van der Waals surface area (Å²) in [6, 6.07) is 21.6. The van der Waals surface area contributed by atoms with Crippen LogP contribution in [0.4, 0.5) is 0 Å². The summed E-state index contributed by atoms with van der Waals surface area (Å²) < 4.78 is 12.6. The molecule has 198 valence electrons. The predicted octanol–water partition coefficient (Wildman–Crippen LogP) is 6.35. The van der Waals surface area contributed by atoms with Crippen LogP contribution in [0.3, 0.4) is 0 Å². The van der Waals surface area contributed by atoms with Crippen LogP contribution in [0.5, 0.6) is 5.75 Å². The van der Waals surface area contributed by atoms with Crippen LogP contribution in [0.25, 0.3) is 0 Å². The average molecular weight is 534 g/mol. The van der Waals surface area contributed by atoms with Crippen LogP contribution in [0.15, 0.2) is 72.8 Å². The molecule has 1 aliphatic heterocycles. The molecule has 1 N–H and O–H groups in total. The Labute approximate surface area is 228 Å². The van der Waals surface area contributed by atoms with Crippen LogP contribution in [0.2, 0.25) is 5.02 Å². The summed E-state index contributed by atoms with van der Waals surface area (Å²) in [6.07, 6.45) is 3.05. The minimum atomic E-state index is -1.07. The van der Waals surface area contributed by atoms with E-state index in [0.29, 0.717) is 17.4 Å². The number of hydrogen-bond donors (Lipinski definition) is 1. The van der Waals surface area contributed by atoms with Crippen molar-refractivity contribution in [2.75, 3.05) is 0 Å². The molecule has 0 bridgehead atoms. The Morgan fingerprint density at radius 1 is 1.03 bits per heavy atom. The van der Waals surface area contributed by atoms with Gasteiger partial charge >= 0.3 is 5.97 Å². The van der Waals surface area contributed by atoms with E-state index in [1.165, 1.54) is 4.90 Å². The van der Waals surface area contributed by atoms with Crippen LogP contribution in [-0.2, 0) is 33.9 Å². The number of carboxylic acids is 1. The van der Waals surface area contributed by atoms with Crippen LogP contribution in [-0.4, -0.2) is 33.5 Å². The molecule has 0 saturated heterocycles. The quantitative estimate of drug-likeness (QED) is 0.365. The molecule has 0 unspecified atom stereocenters. The van der Waals surface area contributed by atoms with Gasteiger partial charge in [-0.2, -0.15) is 0 Å². The van der Waals surface area contributed by atoms with Gasteiger partial charge in [0.2, 0.25) is 0 Å². The number of fused-ring (bicyclic) bond motifs is 1. The second-order valence-corrected chi connectivity index (χ2v) is 10.8.